The summed E-state index contributed by atoms with van der Waals surface area (Å²) in [4.78, 5) is 16.7. The molecule has 1 amide bonds. The fraction of sp³-hybridized carbons (Fsp3) is 0.409. The predicted octanol–water partition coefficient (Wildman–Crippen LogP) is 3.63. The fourth-order valence-electron chi connectivity index (χ4n) is 3.62. The quantitative estimate of drug-likeness (QED) is 0.860. The van der Waals surface area contributed by atoms with Crippen LogP contribution in [0, 0.1) is 0 Å². The number of rotatable bonds is 6. The number of nitrogens with zero attached hydrogens (tertiary/aromatic N) is 2. The number of aliphatic hydroxyl groups excluding tert-OH is 1. The highest BCUT2D eigenvalue weighted by atomic mass is 16.3. The number of carbonyl (C=O) groups excluding carboxylic acids is 1. The smallest absolute Gasteiger partial charge is 0.226 e. The van der Waals surface area contributed by atoms with E-state index in [9.17, 15) is 9.90 Å². The topological polar surface area (TPSA) is 43.8 Å². The summed E-state index contributed by atoms with van der Waals surface area (Å²) in [6, 6.07) is 18.8. The molecule has 1 unspecified atom stereocenters. The molecule has 1 N–H and O–H groups in total. The lowest BCUT2D eigenvalue weighted by Crippen LogP contribution is -2.48. The molecule has 2 aromatic carbocycles. The van der Waals surface area contributed by atoms with Crippen LogP contribution in [-0.2, 0) is 4.79 Å². The van der Waals surface area contributed by atoms with Crippen LogP contribution in [0.2, 0.25) is 0 Å². The molecule has 4 heteroatoms. The van der Waals surface area contributed by atoms with Gasteiger partial charge >= 0.3 is 0 Å². The molecule has 0 radical (unpaired) electrons. The Hall–Kier alpha value is -2.17. The molecule has 0 spiro atoms. The standard InChI is InChI=1S/C22H28N2O2/c1-2-22(26)24(19-11-7-4-8-12-19)20-13-15-23(16-14-20)17-21(25)18-9-5-3-6-10-18/h3-12,20-21,25H,2,13-17H2,1H3/i1D3. The molecule has 2 aromatic rings. The highest BCUT2D eigenvalue weighted by molar-refractivity contribution is 5.93. The number of para-hydroxylation sites is 1. The minimum Gasteiger partial charge on any atom is -0.387 e. The van der Waals surface area contributed by atoms with Crippen LogP contribution in [0.25, 0.3) is 0 Å². The Bertz CT molecular complexity index is 776. The number of hydrogen-bond acceptors (Lipinski definition) is 3. The number of amides is 1. The molecule has 1 heterocycles. The number of likely N-dealkylation sites (tertiary alicyclic amines) is 1. The van der Waals surface area contributed by atoms with E-state index in [1.165, 1.54) is 0 Å². The Morgan fingerprint density at radius 1 is 1.15 bits per heavy atom. The summed E-state index contributed by atoms with van der Waals surface area (Å²) in [5, 5.41) is 10.5. The van der Waals surface area contributed by atoms with Gasteiger partial charge in [-0.25, -0.2) is 0 Å². The van der Waals surface area contributed by atoms with Gasteiger partial charge in [0.1, 0.15) is 0 Å². The van der Waals surface area contributed by atoms with E-state index in [2.05, 4.69) is 4.90 Å². The molecule has 1 atom stereocenters. The van der Waals surface area contributed by atoms with E-state index < -0.39 is 19.4 Å². The van der Waals surface area contributed by atoms with Gasteiger partial charge in [-0.15, -0.1) is 0 Å². The molecule has 1 fully saturated rings. The normalized spacial score (nSPS) is 19.2. The van der Waals surface area contributed by atoms with Crippen molar-refractivity contribution in [3.63, 3.8) is 0 Å². The van der Waals surface area contributed by atoms with Crippen LogP contribution >= 0.6 is 0 Å². The Balaban J connectivity index is 1.64. The second kappa shape index (κ2) is 8.97. The Labute approximate surface area is 160 Å². The van der Waals surface area contributed by atoms with Crippen molar-refractivity contribution in [2.45, 2.75) is 38.3 Å². The number of anilines is 1. The average molecular weight is 355 g/mol. The molecule has 26 heavy (non-hydrogen) atoms. The van der Waals surface area contributed by atoms with E-state index in [0.29, 0.717) is 6.54 Å². The maximum atomic E-state index is 12.8. The maximum absolute atomic E-state index is 12.8. The zero-order chi connectivity index (χ0) is 20.9. The minimum atomic E-state index is -2.29. The second-order valence-electron chi connectivity index (χ2n) is 6.73. The molecule has 3 rings (SSSR count). The van der Waals surface area contributed by atoms with E-state index in [1.807, 2.05) is 60.7 Å². The van der Waals surface area contributed by atoms with Crippen LogP contribution in [0.5, 0.6) is 0 Å². The predicted molar refractivity (Wildman–Crippen MR) is 105 cm³/mol. The monoisotopic (exact) mass is 355 g/mol. The first kappa shape index (κ1) is 14.9. The molecule has 0 aromatic heterocycles. The summed E-state index contributed by atoms with van der Waals surface area (Å²) >= 11 is 0. The summed E-state index contributed by atoms with van der Waals surface area (Å²) in [6.07, 6.45) is 0.469. The molecule has 0 bridgehead atoms. The number of hydrogen-bond donors (Lipinski definition) is 1. The Kier molecular flexibility index (Phi) is 5.15. The van der Waals surface area contributed by atoms with Crippen LogP contribution in [-0.4, -0.2) is 41.6 Å². The minimum absolute atomic E-state index is 0.0441. The molecular formula is C22H28N2O2. The number of benzene rings is 2. The number of piperidine rings is 1. The van der Waals surface area contributed by atoms with Gasteiger partial charge in [0.05, 0.1) is 6.10 Å². The number of carbonyl (C=O) groups is 1. The third kappa shape index (κ3) is 4.51. The van der Waals surface area contributed by atoms with Crippen LogP contribution in [0.15, 0.2) is 60.7 Å². The molecule has 1 aliphatic rings. The van der Waals surface area contributed by atoms with Crippen molar-refractivity contribution in [2.24, 2.45) is 0 Å². The molecule has 0 saturated carbocycles. The van der Waals surface area contributed by atoms with Gasteiger partial charge in [-0.3, -0.25) is 4.79 Å². The lowest BCUT2D eigenvalue weighted by molar-refractivity contribution is -0.119. The van der Waals surface area contributed by atoms with Crippen molar-refractivity contribution in [3.8, 4) is 0 Å². The first-order chi connectivity index (χ1) is 13.8. The molecule has 0 aliphatic carbocycles. The highest BCUT2D eigenvalue weighted by Crippen LogP contribution is 2.25. The van der Waals surface area contributed by atoms with Crippen LogP contribution in [0.3, 0.4) is 0 Å². The van der Waals surface area contributed by atoms with E-state index >= 15 is 0 Å². The van der Waals surface area contributed by atoms with E-state index in [-0.39, 0.29) is 11.9 Å². The van der Waals surface area contributed by atoms with Gasteiger partial charge in [-0.1, -0.05) is 55.4 Å². The lowest BCUT2D eigenvalue weighted by Gasteiger charge is -2.39. The lowest BCUT2D eigenvalue weighted by atomic mass is 10.0. The Morgan fingerprint density at radius 3 is 2.38 bits per heavy atom. The summed E-state index contributed by atoms with van der Waals surface area (Å²) in [5.74, 6) is -0.362. The maximum Gasteiger partial charge on any atom is 0.226 e. The second-order valence-corrected chi connectivity index (χ2v) is 6.73. The van der Waals surface area contributed by atoms with Gasteiger partial charge in [0.2, 0.25) is 5.91 Å². The summed E-state index contributed by atoms with van der Waals surface area (Å²) < 4.78 is 22.4. The van der Waals surface area contributed by atoms with Crippen molar-refractivity contribution in [3.05, 3.63) is 66.2 Å². The number of β-amino-alcohol motifs (C(OH)–C–C–N with tert-alkyl or cyclic N) is 1. The Morgan fingerprint density at radius 2 is 1.77 bits per heavy atom. The first-order valence-electron chi connectivity index (χ1n) is 10.7. The summed E-state index contributed by atoms with van der Waals surface area (Å²) in [5.41, 5.74) is 1.64. The van der Waals surface area contributed by atoms with Crippen LogP contribution < -0.4 is 4.90 Å². The largest absolute Gasteiger partial charge is 0.387 e. The van der Waals surface area contributed by atoms with Gasteiger partial charge in [0.25, 0.3) is 0 Å². The zero-order valence-electron chi connectivity index (χ0n) is 17.9. The van der Waals surface area contributed by atoms with Gasteiger partial charge in [-0.05, 0) is 30.5 Å². The van der Waals surface area contributed by atoms with E-state index in [0.717, 1.165) is 37.2 Å². The van der Waals surface area contributed by atoms with Gasteiger partial charge in [0.15, 0.2) is 0 Å². The fourth-order valence-corrected chi connectivity index (χ4v) is 3.62. The van der Waals surface area contributed by atoms with Crippen molar-refractivity contribution < 1.29 is 14.0 Å². The van der Waals surface area contributed by atoms with E-state index in [1.54, 1.807) is 4.90 Å². The average Bonchev–Trinajstić information content (AvgIpc) is 2.69. The van der Waals surface area contributed by atoms with Gasteiger partial charge in [0, 0.05) is 41.9 Å². The highest BCUT2D eigenvalue weighted by Gasteiger charge is 2.29. The zero-order valence-corrected chi connectivity index (χ0v) is 14.9. The third-order valence-electron chi connectivity index (χ3n) is 4.99. The van der Waals surface area contributed by atoms with E-state index in [4.69, 9.17) is 4.11 Å². The molecule has 4 nitrogen and oxygen atoms in total. The van der Waals surface area contributed by atoms with Crippen molar-refractivity contribution in [2.75, 3.05) is 24.5 Å². The van der Waals surface area contributed by atoms with Crippen LogP contribution in [0.1, 0.15) is 41.9 Å². The third-order valence-corrected chi connectivity index (χ3v) is 4.99. The SMILES string of the molecule is [2H]C([2H])([2H])CC(=O)N(c1ccccc1)C1CCN(CC(O)c2ccccc2)CC1. The first-order valence-corrected chi connectivity index (χ1v) is 9.16. The molecule has 1 saturated heterocycles. The van der Waals surface area contributed by atoms with Crippen LogP contribution in [0.4, 0.5) is 5.69 Å². The number of aliphatic hydroxyl groups is 1. The molecular weight excluding hydrogens is 324 g/mol. The molecule has 138 valence electrons. The van der Waals surface area contributed by atoms with Crippen molar-refractivity contribution in [1.82, 2.24) is 4.90 Å². The van der Waals surface area contributed by atoms with Crippen molar-refractivity contribution in [1.29, 1.82) is 0 Å². The summed E-state index contributed by atoms with van der Waals surface area (Å²) in [6.45, 7) is -0.242. The van der Waals surface area contributed by atoms with Gasteiger partial charge in [-0.2, -0.15) is 0 Å². The van der Waals surface area contributed by atoms with Crippen molar-refractivity contribution >= 4 is 11.6 Å². The van der Waals surface area contributed by atoms with Gasteiger partial charge < -0.3 is 14.9 Å². The molecule has 1 aliphatic heterocycles. The summed E-state index contributed by atoms with van der Waals surface area (Å²) in [7, 11) is 0.